The van der Waals surface area contributed by atoms with Crippen LogP contribution < -0.4 is 16.0 Å². The summed E-state index contributed by atoms with van der Waals surface area (Å²) in [5.41, 5.74) is 7.66. The molecule has 0 saturated carbocycles. The normalized spacial score (nSPS) is 17.5. The Morgan fingerprint density at radius 3 is 2.50 bits per heavy atom. The van der Waals surface area contributed by atoms with E-state index >= 15 is 0 Å². The number of hydrogen-bond donors (Lipinski definition) is 3. The summed E-state index contributed by atoms with van der Waals surface area (Å²) in [7, 11) is 0. The van der Waals surface area contributed by atoms with E-state index in [9.17, 15) is 4.79 Å². The van der Waals surface area contributed by atoms with Crippen LogP contribution in [-0.4, -0.2) is 43.3 Å². The fourth-order valence-corrected chi connectivity index (χ4v) is 2.11. The molecule has 98 valence electrons. The number of anilines is 1. The summed E-state index contributed by atoms with van der Waals surface area (Å²) in [6.45, 7) is 4.03. The molecular formula is C13H19N3O2. The highest BCUT2D eigenvalue weighted by atomic mass is 16.4. The van der Waals surface area contributed by atoms with Crippen LogP contribution in [0.5, 0.6) is 0 Å². The molecule has 0 aromatic heterocycles. The molecule has 0 unspecified atom stereocenters. The topological polar surface area (TPSA) is 78.6 Å². The fourth-order valence-electron chi connectivity index (χ4n) is 2.11. The molecule has 0 radical (unpaired) electrons. The van der Waals surface area contributed by atoms with Crippen LogP contribution in [0.25, 0.3) is 0 Å². The van der Waals surface area contributed by atoms with E-state index in [0.29, 0.717) is 6.42 Å². The van der Waals surface area contributed by atoms with Crippen LogP contribution in [-0.2, 0) is 11.2 Å². The second-order valence-electron chi connectivity index (χ2n) is 4.55. The molecule has 5 heteroatoms. The van der Waals surface area contributed by atoms with Gasteiger partial charge in [-0.1, -0.05) is 12.1 Å². The van der Waals surface area contributed by atoms with Crippen molar-refractivity contribution in [2.75, 3.05) is 31.1 Å². The second kappa shape index (κ2) is 5.84. The Balaban J connectivity index is 1.98. The van der Waals surface area contributed by atoms with Crippen molar-refractivity contribution in [1.82, 2.24) is 5.32 Å². The van der Waals surface area contributed by atoms with Crippen molar-refractivity contribution >= 4 is 11.7 Å². The molecule has 1 aromatic carbocycles. The van der Waals surface area contributed by atoms with Gasteiger partial charge in [-0.15, -0.1) is 0 Å². The molecule has 1 atom stereocenters. The Morgan fingerprint density at radius 1 is 1.33 bits per heavy atom. The van der Waals surface area contributed by atoms with E-state index in [0.717, 1.165) is 31.7 Å². The molecule has 1 fully saturated rings. The van der Waals surface area contributed by atoms with Crippen molar-refractivity contribution in [2.24, 2.45) is 5.73 Å². The largest absolute Gasteiger partial charge is 0.480 e. The lowest BCUT2D eigenvalue weighted by atomic mass is 10.1. The zero-order chi connectivity index (χ0) is 13.0. The molecule has 4 N–H and O–H groups in total. The van der Waals surface area contributed by atoms with Crippen molar-refractivity contribution < 1.29 is 9.90 Å². The van der Waals surface area contributed by atoms with Crippen LogP contribution in [0.4, 0.5) is 5.69 Å². The number of hydrogen-bond acceptors (Lipinski definition) is 4. The molecule has 0 aliphatic carbocycles. The first-order chi connectivity index (χ1) is 8.66. The monoisotopic (exact) mass is 249 g/mol. The van der Waals surface area contributed by atoms with Gasteiger partial charge in [0.1, 0.15) is 6.04 Å². The number of nitrogens with two attached hydrogens (primary N) is 1. The number of aliphatic carboxylic acids is 1. The Bertz CT molecular complexity index is 399. The third kappa shape index (κ3) is 3.21. The average molecular weight is 249 g/mol. The third-order valence-electron chi connectivity index (χ3n) is 3.19. The lowest BCUT2D eigenvalue weighted by molar-refractivity contribution is -0.138. The minimum Gasteiger partial charge on any atom is -0.480 e. The SMILES string of the molecule is N[C@@H](Cc1ccc(N2CCNCC2)cc1)C(=O)O. The van der Waals surface area contributed by atoms with Crippen molar-refractivity contribution in [3.05, 3.63) is 29.8 Å². The predicted octanol–water partition coefficient (Wildman–Crippen LogP) is 0.0506. The number of benzene rings is 1. The first-order valence-corrected chi connectivity index (χ1v) is 6.20. The van der Waals surface area contributed by atoms with Gasteiger partial charge in [-0.3, -0.25) is 4.79 Å². The van der Waals surface area contributed by atoms with Crippen LogP contribution >= 0.6 is 0 Å². The molecule has 5 nitrogen and oxygen atoms in total. The molecule has 1 saturated heterocycles. The van der Waals surface area contributed by atoms with E-state index in [1.807, 2.05) is 24.3 Å². The van der Waals surface area contributed by atoms with Crippen molar-refractivity contribution in [3.8, 4) is 0 Å². The average Bonchev–Trinajstić information content (AvgIpc) is 2.40. The summed E-state index contributed by atoms with van der Waals surface area (Å²) in [6, 6.07) is 7.17. The molecule has 1 aliphatic rings. The van der Waals surface area contributed by atoms with Crippen LogP contribution in [0, 0.1) is 0 Å². The van der Waals surface area contributed by atoms with Crippen molar-refractivity contribution in [1.29, 1.82) is 0 Å². The maximum absolute atomic E-state index is 10.7. The first kappa shape index (κ1) is 12.9. The Labute approximate surface area is 107 Å². The van der Waals surface area contributed by atoms with Crippen molar-refractivity contribution in [3.63, 3.8) is 0 Å². The zero-order valence-corrected chi connectivity index (χ0v) is 10.3. The molecule has 0 spiro atoms. The fraction of sp³-hybridized carbons (Fsp3) is 0.462. The van der Waals surface area contributed by atoms with E-state index in [-0.39, 0.29) is 0 Å². The summed E-state index contributed by atoms with van der Waals surface area (Å²) in [5.74, 6) is -0.957. The lowest BCUT2D eigenvalue weighted by Crippen LogP contribution is -2.43. The van der Waals surface area contributed by atoms with Crippen LogP contribution in [0.1, 0.15) is 5.56 Å². The van der Waals surface area contributed by atoms with Gasteiger partial charge >= 0.3 is 5.97 Å². The van der Waals surface area contributed by atoms with E-state index in [1.54, 1.807) is 0 Å². The quantitative estimate of drug-likeness (QED) is 0.703. The highest BCUT2D eigenvalue weighted by Crippen LogP contribution is 2.16. The Kier molecular flexibility index (Phi) is 4.17. The molecule has 1 aliphatic heterocycles. The van der Waals surface area contributed by atoms with E-state index < -0.39 is 12.0 Å². The second-order valence-corrected chi connectivity index (χ2v) is 4.55. The van der Waals surface area contributed by atoms with Crippen LogP contribution in [0.15, 0.2) is 24.3 Å². The summed E-state index contributed by atoms with van der Waals surface area (Å²) in [5, 5.41) is 12.1. The van der Waals surface area contributed by atoms with E-state index in [4.69, 9.17) is 10.8 Å². The van der Waals surface area contributed by atoms with Gasteiger partial charge in [-0.2, -0.15) is 0 Å². The molecular weight excluding hydrogens is 230 g/mol. The highest BCUT2D eigenvalue weighted by Gasteiger charge is 2.13. The first-order valence-electron chi connectivity index (χ1n) is 6.20. The Morgan fingerprint density at radius 2 is 1.94 bits per heavy atom. The number of carboxylic acids is 1. The lowest BCUT2D eigenvalue weighted by Gasteiger charge is -2.29. The molecule has 0 bridgehead atoms. The van der Waals surface area contributed by atoms with Gasteiger partial charge in [0.05, 0.1) is 0 Å². The number of nitrogens with zero attached hydrogens (tertiary/aromatic N) is 1. The molecule has 0 amide bonds. The molecule has 1 heterocycles. The number of carbonyl (C=O) groups is 1. The van der Waals surface area contributed by atoms with Gasteiger partial charge in [0.2, 0.25) is 0 Å². The van der Waals surface area contributed by atoms with Gasteiger partial charge in [0.15, 0.2) is 0 Å². The third-order valence-corrected chi connectivity index (χ3v) is 3.19. The Hall–Kier alpha value is -1.59. The van der Waals surface area contributed by atoms with E-state index in [2.05, 4.69) is 10.2 Å². The van der Waals surface area contributed by atoms with Gasteiger partial charge in [0.25, 0.3) is 0 Å². The number of rotatable bonds is 4. The summed E-state index contributed by atoms with van der Waals surface area (Å²) in [4.78, 5) is 13.0. The minimum absolute atomic E-state index is 0.372. The maximum atomic E-state index is 10.7. The highest BCUT2D eigenvalue weighted by molar-refractivity contribution is 5.73. The van der Waals surface area contributed by atoms with Gasteiger partial charge in [-0.05, 0) is 24.1 Å². The summed E-state index contributed by atoms with van der Waals surface area (Å²) in [6.07, 6.45) is 0.372. The van der Waals surface area contributed by atoms with Gasteiger partial charge < -0.3 is 21.1 Å². The number of piperazine rings is 1. The smallest absolute Gasteiger partial charge is 0.320 e. The van der Waals surface area contributed by atoms with Gasteiger partial charge in [0, 0.05) is 31.9 Å². The molecule has 1 aromatic rings. The maximum Gasteiger partial charge on any atom is 0.320 e. The summed E-state index contributed by atoms with van der Waals surface area (Å²) >= 11 is 0. The molecule has 18 heavy (non-hydrogen) atoms. The zero-order valence-electron chi connectivity index (χ0n) is 10.3. The van der Waals surface area contributed by atoms with Crippen molar-refractivity contribution in [2.45, 2.75) is 12.5 Å². The summed E-state index contributed by atoms with van der Waals surface area (Å²) < 4.78 is 0. The number of nitrogens with one attached hydrogen (secondary N) is 1. The number of carboxylic acid groups (broad SMARTS) is 1. The van der Waals surface area contributed by atoms with Crippen LogP contribution in [0.3, 0.4) is 0 Å². The predicted molar refractivity (Wildman–Crippen MR) is 70.8 cm³/mol. The molecule has 2 rings (SSSR count). The minimum atomic E-state index is -0.957. The standard InChI is InChI=1S/C13H19N3O2/c14-12(13(17)18)9-10-1-3-11(4-2-10)16-7-5-15-6-8-16/h1-4,12,15H,5-9,14H2,(H,17,18)/t12-/m0/s1. The van der Waals surface area contributed by atoms with E-state index in [1.165, 1.54) is 5.69 Å². The van der Waals surface area contributed by atoms with Crippen LogP contribution in [0.2, 0.25) is 0 Å². The van der Waals surface area contributed by atoms with Gasteiger partial charge in [-0.25, -0.2) is 0 Å².